The minimum absolute atomic E-state index is 0.142. The highest BCUT2D eigenvalue weighted by atomic mass is 35.5. The molecule has 2 heterocycles. The molecule has 0 spiro atoms. The monoisotopic (exact) mass is 402 g/mol. The summed E-state index contributed by atoms with van der Waals surface area (Å²) in [7, 11) is 0. The molecule has 8 heteroatoms. The van der Waals surface area contributed by atoms with E-state index in [2.05, 4.69) is 15.0 Å². The Morgan fingerprint density at radius 2 is 2.11 bits per heavy atom. The lowest BCUT2D eigenvalue weighted by Gasteiger charge is -2.30. The van der Waals surface area contributed by atoms with Crippen LogP contribution in [0.5, 0.6) is 5.75 Å². The van der Waals surface area contributed by atoms with E-state index in [9.17, 15) is 4.79 Å². The number of halogens is 1. The summed E-state index contributed by atoms with van der Waals surface area (Å²) >= 11 is 6.44. The Hall–Kier alpha value is -2.80. The largest absolute Gasteiger partial charge is 0.488 e. The number of fused-ring (bicyclic) bond motifs is 1. The number of nitrogens with one attached hydrogen (secondary N) is 1. The van der Waals surface area contributed by atoms with Crippen LogP contribution in [-0.4, -0.2) is 33.3 Å². The fourth-order valence-electron chi connectivity index (χ4n) is 3.33. The zero-order chi connectivity index (χ0) is 20.3. The number of hydrogen-bond acceptors (Lipinski definition) is 5. The van der Waals surface area contributed by atoms with E-state index >= 15 is 0 Å². The molecule has 0 saturated carbocycles. The molecule has 0 fully saturated rings. The van der Waals surface area contributed by atoms with Crippen LogP contribution in [-0.2, 0) is 4.74 Å². The summed E-state index contributed by atoms with van der Waals surface area (Å²) in [6, 6.07) is 7.37. The van der Waals surface area contributed by atoms with Crippen LogP contribution < -0.4 is 10.5 Å². The van der Waals surface area contributed by atoms with Gasteiger partial charge in [-0.05, 0) is 43.5 Å². The van der Waals surface area contributed by atoms with Crippen LogP contribution in [0.25, 0.3) is 22.3 Å². The smallest absolute Gasteiger partial charge is 0.405 e. The average Bonchev–Trinajstić information content (AvgIpc) is 3.08. The van der Waals surface area contributed by atoms with E-state index in [-0.39, 0.29) is 6.61 Å². The Bertz CT molecular complexity index is 988. The third-order valence-electron chi connectivity index (χ3n) is 4.28. The summed E-state index contributed by atoms with van der Waals surface area (Å²) in [4.78, 5) is 22.9. The van der Waals surface area contributed by atoms with Crippen LogP contribution >= 0.6 is 11.6 Å². The molecule has 28 heavy (non-hydrogen) atoms. The standard InChI is InChI=1S/C20H23ClN4O3/c1-12(2)9-20(3,28-19(22)26)10-27-16-5-4-13(8-15(16)21)17-14-6-7-23-18(14)25-11-24-17/h4-8,11-12H,9-10H2,1-3H3,(H2,22,26)(H,23,24,25)/t20-/m0/s1. The highest BCUT2D eigenvalue weighted by Crippen LogP contribution is 2.33. The third-order valence-corrected chi connectivity index (χ3v) is 4.57. The summed E-state index contributed by atoms with van der Waals surface area (Å²) < 4.78 is 11.2. The normalized spacial score (nSPS) is 13.5. The van der Waals surface area contributed by atoms with Crippen molar-refractivity contribution in [2.45, 2.75) is 32.8 Å². The van der Waals surface area contributed by atoms with E-state index in [1.165, 1.54) is 6.33 Å². The van der Waals surface area contributed by atoms with Crippen molar-refractivity contribution in [1.82, 2.24) is 15.0 Å². The zero-order valence-corrected chi connectivity index (χ0v) is 16.8. The number of nitrogens with two attached hydrogens (primary N) is 1. The predicted octanol–water partition coefficient (Wildman–Crippen LogP) is 4.56. The Balaban J connectivity index is 1.81. The number of amides is 1. The van der Waals surface area contributed by atoms with Crippen molar-refractivity contribution in [3.63, 3.8) is 0 Å². The van der Waals surface area contributed by atoms with Crippen molar-refractivity contribution in [3.05, 3.63) is 41.8 Å². The predicted molar refractivity (Wildman–Crippen MR) is 108 cm³/mol. The van der Waals surface area contributed by atoms with Crippen molar-refractivity contribution in [3.8, 4) is 17.0 Å². The number of aromatic nitrogens is 3. The molecule has 1 aromatic carbocycles. The highest BCUT2D eigenvalue weighted by molar-refractivity contribution is 6.32. The molecule has 2 aromatic heterocycles. The Kier molecular flexibility index (Phi) is 5.74. The van der Waals surface area contributed by atoms with Crippen LogP contribution in [0, 0.1) is 5.92 Å². The molecule has 1 amide bonds. The molecule has 148 valence electrons. The quantitative estimate of drug-likeness (QED) is 0.603. The van der Waals surface area contributed by atoms with Gasteiger partial charge in [-0.15, -0.1) is 0 Å². The van der Waals surface area contributed by atoms with Crippen molar-refractivity contribution in [1.29, 1.82) is 0 Å². The van der Waals surface area contributed by atoms with E-state index in [4.69, 9.17) is 26.8 Å². The van der Waals surface area contributed by atoms with Gasteiger partial charge < -0.3 is 20.2 Å². The van der Waals surface area contributed by atoms with Crippen molar-refractivity contribution in [2.24, 2.45) is 11.7 Å². The maximum atomic E-state index is 11.3. The Morgan fingerprint density at radius 1 is 1.32 bits per heavy atom. The Labute approximate surface area is 168 Å². The maximum absolute atomic E-state index is 11.3. The lowest BCUT2D eigenvalue weighted by Crippen LogP contribution is -2.41. The van der Waals surface area contributed by atoms with Gasteiger partial charge in [-0.2, -0.15) is 0 Å². The van der Waals surface area contributed by atoms with E-state index in [1.807, 2.05) is 32.2 Å². The van der Waals surface area contributed by atoms with Gasteiger partial charge in [0, 0.05) is 17.1 Å². The topological polar surface area (TPSA) is 103 Å². The molecule has 0 aliphatic rings. The molecular weight excluding hydrogens is 380 g/mol. The lowest BCUT2D eigenvalue weighted by molar-refractivity contribution is -0.0185. The first kappa shape index (κ1) is 19.9. The van der Waals surface area contributed by atoms with Crippen LogP contribution in [0.15, 0.2) is 36.8 Å². The van der Waals surface area contributed by atoms with E-state index in [0.717, 1.165) is 22.3 Å². The number of hydrogen-bond donors (Lipinski definition) is 2. The Morgan fingerprint density at radius 3 is 2.79 bits per heavy atom. The summed E-state index contributed by atoms with van der Waals surface area (Å²) in [5.41, 5.74) is 6.76. The molecule has 3 aromatic rings. The minimum atomic E-state index is -0.841. The fourth-order valence-corrected chi connectivity index (χ4v) is 3.57. The van der Waals surface area contributed by atoms with Crippen molar-refractivity contribution >= 4 is 28.7 Å². The first-order valence-corrected chi connectivity index (χ1v) is 9.34. The first-order valence-electron chi connectivity index (χ1n) is 8.97. The number of aromatic amines is 1. The molecule has 3 N–H and O–H groups in total. The molecule has 0 aliphatic heterocycles. The number of ether oxygens (including phenoxy) is 2. The maximum Gasteiger partial charge on any atom is 0.405 e. The molecule has 0 bridgehead atoms. The SMILES string of the molecule is CC(C)C[C@@](C)(COc1ccc(-c2ncnc3[nH]ccc23)cc1Cl)OC(N)=O. The molecule has 0 saturated heterocycles. The molecule has 7 nitrogen and oxygen atoms in total. The molecule has 3 rings (SSSR count). The van der Waals surface area contributed by atoms with Crippen molar-refractivity contribution in [2.75, 3.05) is 6.61 Å². The number of benzene rings is 1. The highest BCUT2D eigenvalue weighted by Gasteiger charge is 2.30. The number of carbonyl (C=O) groups is 1. The van der Waals surface area contributed by atoms with Gasteiger partial charge in [0.25, 0.3) is 0 Å². The first-order chi connectivity index (χ1) is 13.3. The second-order valence-electron chi connectivity index (χ2n) is 7.37. The van der Waals surface area contributed by atoms with Gasteiger partial charge >= 0.3 is 6.09 Å². The number of carbonyl (C=O) groups excluding carboxylic acids is 1. The summed E-state index contributed by atoms with van der Waals surface area (Å²) in [5.74, 6) is 0.792. The summed E-state index contributed by atoms with van der Waals surface area (Å²) in [5, 5.41) is 1.34. The van der Waals surface area contributed by atoms with Crippen LogP contribution in [0.1, 0.15) is 27.2 Å². The second-order valence-corrected chi connectivity index (χ2v) is 7.77. The third kappa shape index (κ3) is 4.54. The van der Waals surface area contributed by atoms with E-state index in [0.29, 0.717) is 23.1 Å². The van der Waals surface area contributed by atoms with Gasteiger partial charge in [0.1, 0.15) is 29.9 Å². The average molecular weight is 403 g/mol. The summed E-state index contributed by atoms with van der Waals surface area (Å²) in [6.07, 6.45) is 3.10. The zero-order valence-electron chi connectivity index (χ0n) is 16.0. The minimum Gasteiger partial charge on any atom is -0.488 e. The summed E-state index contributed by atoms with van der Waals surface area (Å²) in [6.45, 7) is 6.01. The van der Waals surface area contributed by atoms with Crippen LogP contribution in [0.2, 0.25) is 5.02 Å². The van der Waals surface area contributed by atoms with Crippen LogP contribution in [0.3, 0.4) is 0 Å². The van der Waals surface area contributed by atoms with Gasteiger partial charge in [-0.1, -0.05) is 25.4 Å². The van der Waals surface area contributed by atoms with Gasteiger partial charge in [0.15, 0.2) is 0 Å². The van der Waals surface area contributed by atoms with Gasteiger partial charge in [-0.25, -0.2) is 14.8 Å². The molecule has 0 radical (unpaired) electrons. The number of primary amides is 1. The number of rotatable bonds is 7. The molecule has 1 atom stereocenters. The van der Waals surface area contributed by atoms with E-state index in [1.54, 1.807) is 19.1 Å². The van der Waals surface area contributed by atoms with Gasteiger partial charge in [0.05, 0.1) is 10.7 Å². The second kappa shape index (κ2) is 8.06. The number of nitrogens with zero attached hydrogens (tertiary/aromatic N) is 2. The number of H-pyrrole nitrogens is 1. The lowest BCUT2D eigenvalue weighted by atomic mass is 9.95. The van der Waals surface area contributed by atoms with E-state index < -0.39 is 11.7 Å². The fraction of sp³-hybridized carbons (Fsp3) is 0.350. The van der Waals surface area contributed by atoms with Gasteiger partial charge in [0.2, 0.25) is 0 Å². The van der Waals surface area contributed by atoms with Crippen LogP contribution in [0.4, 0.5) is 4.79 Å². The van der Waals surface area contributed by atoms with Gasteiger partial charge in [-0.3, -0.25) is 0 Å². The van der Waals surface area contributed by atoms with Crippen molar-refractivity contribution < 1.29 is 14.3 Å². The molecular formula is C20H23ClN4O3. The molecule has 0 unspecified atom stereocenters. The molecule has 0 aliphatic carbocycles.